The third-order valence-electron chi connectivity index (χ3n) is 3.80. The van der Waals surface area contributed by atoms with E-state index in [1.807, 2.05) is 17.5 Å². The Morgan fingerprint density at radius 3 is 2.80 bits per heavy atom. The van der Waals surface area contributed by atoms with Crippen LogP contribution in [0.15, 0.2) is 35.8 Å². The number of benzene rings is 1. The molecule has 7 nitrogen and oxygen atoms in total. The first-order valence-corrected chi connectivity index (χ1v) is 8.77. The van der Waals surface area contributed by atoms with Gasteiger partial charge < -0.3 is 10.6 Å². The Morgan fingerprint density at radius 1 is 1.36 bits per heavy atom. The number of hydrogen-bond donors (Lipinski definition) is 2. The molecule has 0 saturated carbocycles. The van der Waals surface area contributed by atoms with Crippen molar-refractivity contribution in [2.24, 2.45) is 0 Å². The fourth-order valence-corrected chi connectivity index (χ4v) is 3.36. The number of likely N-dealkylation sites (tertiary alicyclic amines) is 1. The normalized spacial score (nSPS) is 17.2. The van der Waals surface area contributed by atoms with E-state index in [4.69, 9.17) is 0 Å². The van der Waals surface area contributed by atoms with E-state index in [2.05, 4.69) is 15.6 Å². The van der Waals surface area contributed by atoms with Crippen molar-refractivity contribution < 1.29 is 14.4 Å². The van der Waals surface area contributed by atoms with Gasteiger partial charge in [0, 0.05) is 28.9 Å². The third-order valence-corrected chi connectivity index (χ3v) is 4.63. The van der Waals surface area contributed by atoms with E-state index in [1.54, 1.807) is 32.2 Å². The number of amides is 4. The van der Waals surface area contributed by atoms with Crippen LogP contribution in [-0.4, -0.2) is 39.8 Å². The van der Waals surface area contributed by atoms with E-state index in [-0.39, 0.29) is 24.3 Å². The molecule has 0 spiro atoms. The van der Waals surface area contributed by atoms with Crippen molar-refractivity contribution in [1.82, 2.24) is 15.2 Å². The summed E-state index contributed by atoms with van der Waals surface area (Å²) >= 11 is 1.51. The number of rotatable bonds is 4. The molecule has 8 heteroatoms. The second kappa shape index (κ2) is 7.02. The maximum absolute atomic E-state index is 12.2. The van der Waals surface area contributed by atoms with Crippen molar-refractivity contribution in [3.8, 4) is 10.6 Å². The summed E-state index contributed by atoms with van der Waals surface area (Å²) in [7, 11) is 0. The number of thiazole rings is 1. The number of aromatic nitrogens is 1. The first-order valence-electron chi connectivity index (χ1n) is 7.89. The van der Waals surface area contributed by atoms with E-state index in [0.717, 1.165) is 10.6 Å². The third kappa shape index (κ3) is 3.69. The highest BCUT2D eigenvalue weighted by Crippen LogP contribution is 2.24. The topological polar surface area (TPSA) is 91.4 Å². The van der Waals surface area contributed by atoms with Gasteiger partial charge in [-0.3, -0.25) is 14.5 Å². The smallest absolute Gasteiger partial charge is 0.319 e. The Bertz CT molecular complexity index is 804. The van der Waals surface area contributed by atoms with Crippen LogP contribution in [0.2, 0.25) is 0 Å². The van der Waals surface area contributed by atoms with Gasteiger partial charge in [-0.25, -0.2) is 9.78 Å². The Labute approximate surface area is 149 Å². The van der Waals surface area contributed by atoms with E-state index >= 15 is 0 Å². The van der Waals surface area contributed by atoms with Crippen LogP contribution in [0.5, 0.6) is 0 Å². The summed E-state index contributed by atoms with van der Waals surface area (Å²) in [5, 5.41) is 8.00. The molecule has 1 saturated heterocycles. The van der Waals surface area contributed by atoms with Gasteiger partial charge in [0.1, 0.15) is 11.0 Å². The van der Waals surface area contributed by atoms with Crippen molar-refractivity contribution in [2.45, 2.75) is 32.4 Å². The van der Waals surface area contributed by atoms with E-state index in [1.165, 1.54) is 16.2 Å². The Morgan fingerprint density at radius 2 is 2.16 bits per heavy atom. The molecule has 1 atom stereocenters. The summed E-state index contributed by atoms with van der Waals surface area (Å²) in [6, 6.07) is 5.72. The maximum Gasteiger partial charge on any atom is 0.319 e. The predicted octanol–water partition coefficient (Wildman–Crippen LogP) is 2.47. The molecular weight excluding hydrogens is 340 g/mol. The molecule has 2 heterocycles. The second-order valence-corrected chi connectivity index (χ2v) is 6.86. The molecule has 1 aromatic carbocycles. The standard InChI is InChI=1S/C17H18N4O3S/c1-10(2)21-14(22)9-13(16(21)23)20-17(24)19-12-5-3-4-11(8-12)15-18-6-7-25-15/h3-8,10,13H,9H2,1-2H3,(H2,19,20,24)/t13-/m0/s1. The lowest BCUT2D eigenvalue weighted by molar-refractivity contribution is -0.140. The number of imide groups is 1. The monoisotopic (exact) mass is 358 g/mol. The number of anilines is 1. The predicted molar refractivity (Wildman–Crippen MR) is 95.1 cm³/mol. The average molecular weight is 358 g/mol. The Hall–Kier alpha value is -2.74. The number of urea groups is 1. The summed E-state index contributed by atoms with van der Waals surface area (Å²) in [6.07, 6.45) is 1.71. The minimum atomic E-state index is -0.822. The molecule has 0 unspecified atom stereocenters. The van der Waals surface area contributed by atoms with E-state index < -0.39 is 12.1 Å². The summed E-state index contributed by atoms with van der Waals surface area (Å²) in [6.45, 7) is 3.53. The summed E-state index contributed by atoms with van der Waals surface area (Å²) in [4.78, 5) is 41.7. The molecule has 0 radical (unpaired) electrons. The number of nitrogens with one attached hydrogen (secondary N) is 2. The maximum atomic E-state index is 12.2. The van der Waals surface area contributed by atoms with Crippen molar-refractivity contribution in [3.63, 3.8) is 0 Å². The molecule has 25 heavy (non-hydrogen) atoms. The van der Waals surface area contributed by atoms with Gasteiger partial charge in [0.2, 0.25) is 5.91 Å². The second-order valence-electron chi connectivity index (χ2n) is 5.97. The van der Waals surface area contributed by atoms with Crippen LogP contribution in [0.3, 0.4) is 0 Å². The summed E-state index contributed by atoms with van der Waals surface area (Å²) < 4.78 is 0. The van der Waals surface area contributed by atoms with Crippen LogP contribution in [0.25, 0.3) is 10.6 Å². The largest absolute Gasteiger partial charge is 0.326 e. The van der Waals surface area contributed by atoms with Crippen molar-refractivity contribution in [3.05, 3.63) is 35.8 Å². The van der Waals surface area contributed by atoms with Gasteiger partial charge in [-0.05, 0) is 26.0 Å². The van der Waals surface area contributed by atoms with Crippen LogP contribution >= 0.6 is 11.3 Å². The lowest BCUT2D eigenvalue weighted by atomic mass is 10.2. The molecule has 1 fully saturated rings. The number of carbonyl (C=O) groups excluding carboxylic acids is 3. The molecule has 0 aliphatic carbocycles. The first kappa shape index (κ1) is 17.1. The summed E-state index contributed by atoms with van der Waals surface area (Å²) in [5.74, 6) is -0.636. The molecular formula is C17H18N4O3S. The van der Waals surface area contributed by atoms with Crippen LogP contribution in [0.4, 0.5) is 10.5 Å². The van der Waals surface area contributed by atoms with Gasteiger partial charge in [-0.2, -0.15) is 0 Å². The van der Waals surface area contributed by atoms with Gasteiger partial charge in [0.05, 0.1) is 6.42 Å². The highest BCUT2D eigenvalue weighted by Gasteiger charge is 2.40. The highest BCUT2D eigenvalue weighted by molar-refractivity contribution is 7.13. The fourth-order valence-electron chi connectivity index (χ4n) is 2.73. The molecule has 3 rings (SSSR count). The molecule has 1 aromatic heterocycles. The number of carbonyl (C=O) groups is 3. The molecule has 130 valence electrons. The van der Waals surface area contributed by atoms with Crippen molar-refractivity contribution in [2.75, 3.05) is 5.32 Å². The Balaban J connectivity index is 1.65. The van der Waals surface area contributed by atoms with Gasteiger partial charge in [-0.15, -0.1) is 11.3 Å². The van der Waals surface area contributed by atoms with Gasteiger partial charge in [-0.1, -0.05) is 12.1 Å². The zero-order valence-corrected chi connectivity index (χ0v) is 14.7. The quantitative estimate of drug-likeness (QED) is 0.822. The lowest BCUT2D eigenvalue weighted by Crippen LogP contribution is -2.45. The van der Waals surface area contributed by atoms with E-state index in [0.29, 0.717) is 5.69 Å². The van der Waals surface area contributed by atoms with E-state index in [9.17, 15) is 14.4 Å². The first-order chi connectivity index (χ1) is 12.0. The lowest BCUT2D eigenvalue weighted by Gasteiger charge is -2.19. The van der Waals surface area contributed by atoms with Gasteiger partial charge in [0.15, 0.2) is 0 Å². The molecule has 2 N–H and O–H groups in total. The Kier molecular flexibility index (Phi) is 4.80. The molecule has 0 bridgehead atoms. The zero-order chi connectivity index (χ0) is 18.0. The molecule has 1 aliphatic rings. The SMILES string of the molecule is CC(C)N1C(=O)C[C@H](NC(=O)Nc2cccc(-c3nccs3)c2)C1=O. The molecule has 1 aliphatic heterocycles. The zero-order valence-electron chi connectivity index (χ0n) is 13.9. The van der Waals surface area contributed by atoms with Gasteiger partial charge in [0.25, 0.3) is 5.91 Å². The highest BCUT2D eigenvalue weighted by atomic mass is 32.1. The average Bonchev–Trinajstić information content (AvgIpc) is 3.16. The minimum Gasteiger partial charge on any atom is -0.326 e. The van der Waals surface area contributed by atoms with Crippen LogP contribution < -0.4 is 10.6 Å². The van der Waals surface area contributed by atoms with Crippen LogP contribution in [-0.2, 0) is 9.59 Å². The molecule has 2 aromatic rings. The van der Waals surface area contributed by atoms with Crippen molar-refractivity contribution in [1.29, 1.82) is 0 Å². The number of hydrogen-bond acceptors (Lipinski definition) is 5. The molecule has 4 amide bonds. The number of nitrogens with zero attached hydrogens (tertiary/aromatic N) is 2. The van der Waals surface area contributed by atoms with Crippen LogP contribution in [0, 0.1) is 0 Å². The van der Waals surface area contributed by atoms with Crippen LogP contribution in [0.1, 0.15) is 20.3 Å². The minimum absolute atomic E-state index is 0.0103. The fraction of sp³-hybridized carbons (Fsp3) is 0.294. The summed E-state index contributed by atoms with van der Waals surface area (Å²) in [5.41, 5.74) is 1.48. The van der Waals surface area contributed by atoms with Gasteiger partial charge >= 0.3 is 6.03 Å². The van der Waals surface area contributed by atoms with Crippen molar-refractivity contribution >= 4 is 34.9 Å².